The second-order valence-corrected chi connectivity index (χ2v) is 8.82. The van der Waals surface area contributed by atoms with Crippen molar-refractivity contribution in [1.29, 1.82) is 0 Å². The monoisotopic (exact) mass is 442 g/mol. The van der Waals surface area contributed by atoms with Crippen molar-refractivity contribution < 1.29 is 27.5 Å². The molecule has 1 aromatic rings. The number of hydrogen-bond donors (Lipinski definition) is 3. The van der Waals surface area contributed by atoms with Crippen LogP contribution in [0, 0.1) is 5.92 Å². The molecule has 11 heteroatoms. The number of carbonyl (C=O) groups is 3. The summed E-state index contributed by atoms with van der Waals surface area (Å²) in [6.07, 6.45) is -0.439. The Balaban J connectivity index is 2.90. The Hall–Kier alpha value is -2.66. The molecule has 0 radical (unpaired) electrons. The molecule has 3 N–H and O–H groups in total. The molecule has 0 spiro atoms. The van der Waals surface area contributed by atoms with Crippen molar-refractivity contribution in [3.63, 3.8) is 0 Å². The van der Waals surface area contributed by atoms with E-state index in [2.05, 4.69) is 20.9 Å². The second kappa shape index (κ2) is 11.5. The van der Waals surface area contributed by atoms with Crippen LogP contribution in [0.1, 0.15) is 44.5 Å². The minimum absolute atomic E-state index is 0.0183. The van der Waals surface area contributed by atoms with Crippen molar-refractivity contribution in [3.05, 3.63) is 29.8 Å². The fourth-order valence-corrected chi connectivity index (χ4v) is 4.20. The standard InChI is InChI=1S/C19H30N4O6S/c1-6-23(7-2)30(27,28)15-10-8-9-14(12-15)17(24)21-22-18(25)16(11-13(3)4)20-19(26)29-5/h8-10,12-13,16H,6-7,11H2,1-5H3,(H,20,26)(H,21,24)(H,22,25). The minimum Gasteiger partial charge on any atom is -0.453 e. The van der Waals surface area contributed by atoms with Crippen molar-refractivity contribution >= 4 is 27.9 Å². The lowest BCUT2D eigenvalue weighted by atomic mass is 10.0. The first-order valence-corrected chi connectivity index (χ1v) is 11.1. The molecule has 0 fully saturated rings. The lowest BCUT2D eigenvalue weighted by Crippen LogP contribution is -2.52. The largest absolute Gasteiger partial charge is 0.453 e. The van der Waals surface area contributed by atoms with Gasteiger partial charge >= 0.3 is 6.09 Å². The van der Waals surface area contributed by atoms with Gasteiger partial charge in [-0.25, -0.2) is 13.2 Å². The number of nitrogens with one attached hydrogen (secondary N) is 3. The number of hydrogen-bond acceptors (Lipinski definition) is 6. The molecule has 0 heterocycles. The van der Waals surface area contributed by atoms with E-state index in [0.717, 1.165) is 0 Å². The highest BCUT2D eigenvalue weighted by Gasteiger charge is 2.24. The van der Waals surface area contributed by atoms with Crippen LogP contribution < -0.4 is 16.2 Å². The molecule has 0 bridgehead atoms. The number of carbonyl (C=O) groups excluding carboxylic acids is 3. The van der Waals surface area contributed by atoms with Gasteiger partial charge in [0.05, 0.1) is 12.0 Å². The van der Waals surface area contributed by atoms with Crippen LogP contribution in [0.15, 0.2) is 29.2 Å². The smallest absolute Gasteiger partial charge is 0.407 e. The molecule has 0 aromatic heterocycles. The highest BCUT2D eigenvalue weighted by atomic mass is 32.2. The normalized spacial score (nSPS) is 12.4. The number of hydrazine groups is 1. The first-order chi connectivity index (χ1) is 14.1. The van der Waals surface area contributed by atoms with Crippen LogP contribution in [0.3, 0.4) is 0 Å². The molecule has 0 aliphatic carbocycles. The summed E-state index contributed by atoms with van der Waals surface area (Å²) in [4.78, 5) is 36.2. The van der Waals surface area contributed by atoms with Gasteiger partial charge in [-0.2, -0.15) is 4.31 Å². The molecule has 1 unspecified atom stereocenters. The third kappa shape index (κ3) is 6.99. The van der Waals surface area contributed by atoms with Crippen molar-refractivity contribution in [3.8, 4) is 0 Å². The van der Waals surface area contributed by atoms with Crippen molar-refractivity contribution in [2.24, 2.45) is 5.92 Å². The molecule has 0 saturated heterocycles. The van der Waals surface area contributed by atoms with E-state index in [0.29, 0.717) is 19.5 Å². The zero-order valence-corrected chi connectivity index (χ0v) is 18.7. The first kappa shape index (κ1) is 25.4. The number of methoxy groups -OCH3 is 1. The summed E-state index contributed by atoms with van der Waals surface area (Å²) in [5.74, 6) is -1.23. The number of amides is 3. The molecule has 1 atom stereocenters. The summed E-state index contributed by atoms with van der Waals surface area (Å²) >= 11 is 0. The fourth-order valence-electron chi connectivity index (χ4n) is 2.69. The second-order valence-electron chi connectivity index (χ2n) is 6.88. The van der Waals surface area contributed by atoms with E-state index >= 15 is 0 Å². The van der Waals surface area contributed by atoms with Crippen molar-refractivity contribution in [2.45, 2.75) is 45.1 Å². The molecule has 1 rings (SSSR count). The quantitative estimate of drug-likeness (QED) is 0.493. The van der Waals surface area contributed by atoms with Gasteiger partial charge in [0.15, 0.2) is 0 Å². The van der Waals surface area contributed by atoms with Crippen LogP contribution in [0.2, 0.25) is 0 Å². The number of nitrogens with zero attached hydrogens (tertiary/aromatic N) is 1. The van der Waals surface area contributed by atoms with Gasteiger partial charge < -0.3 is 10.1 Å². The summed E-state index contributed by atoms with van der Waals surface area (Å²) in [6.45, 7) is 7.80. The van der Waals surface area contributed by atoms with Gasteiger partial charge in [0.1, 0.15) is 6.04 Å². The average molecular weight is 443 g/mol. The summed E-state index contributed by atoms with van der Waals surface area (Å²) < 4.78 is 31.1. The van der Waals surface area contributed by atoms with E-state index in [1.165, 1.54) is 35.7 Å². The molecular formula is C19H30N4O6S. The molecule has 0 saturated carbocycles. The van der Waals surface area contributed by atoms with Crippen molar-refractivity contribution in [1.82, 2.24) is 20.5 Å². The summed E-state index contributed by atoms with van der Waals surface area (Å²) in [6, 6.07) is 4.62. The van der Waals surface area contributed by atoms with Gasteiger partial charge in [-0.05, 0) is 30.5 Å². The zero-order chi connectivity index (χ0) is 22.9. The predicted octanol–water partition coefficient (Wildman–Crippen LogP) is 1.25. The number of benzene rings is 1. The Morgan fingerprint density at radius 2 is 1.73 bits per heavy atom. The number of rotatable bonds is 9. The van der Waals surface area contributed by atoms with Gasteiger partial charge in [0, 0.05) is 18.7 Å². The average Bonchev–Trinajstić information content (AvgIpc) is 2.71. The fraction of sp³-hybridized carbons (Fsp3) is 0.526. The Bertz CT molecular complexity index is 852. The number of sulfonamides is 1. The maximum absolute atomic E-state index is 12.6. The first-order valence-electron chi connectivity index (χ1n) is 9.61. The number of ether oxygens (including phenoxy) is 1. The topological polar surface area (TPSA) is 134 Å². The van der Waals surface area contributed by atoms with Gasteiger partial charge in [-0.3, -0.25) is 20.4 Å². The van der Waals surface area contributed by atoms with Gasteiger partial charge in [-0.1, -0.05) is 33.8 Å². The highest BCUT2D eigenvalue weighted by Crippen LogP contribution is 2.17. The molecule has 0 aliphatic heterocycles. The van der Waals surface area contributed by atoms with Crippen LogP contribution in [-0.2, 0) is 19.6 Å². The van der Waals surface area contributed by atoms with Crippen LogP contribution >= 0.6 is 0 Å². The molecule has 10 nitrogen and oxygen atoms in total. The highest BCUT2D eigenvalue weighted by molar-refractivity contribution is 7.89. The Morgan fingerprint density at radius 1 is 1.10 bits per heavy atom. The van der Waals surface area contributed by atoms with E-state index < -0.39 is 34.0 Å². The Morgan fingerprint density at radius 3 is 2.27 bits per heavy atom. The van der Waals surface area contributed by atoms with Crippen LogP contribution in [-0.4, -0.2) is 56.9 Å². The SMILES string of the molecule is CCN(CC)S(=O)(=O)c1cccc(C(=O)NNC(=O)C(CC(C)C)NC(=O)OC)c1. The third-order valence-electron chi connectivity index (χ3n) is 4.24. The summed E-state index contributed by atoms with van der Waals surface area (Å²) in [5, 5.41) is 2.41. The molecule has 30 heavy (non-hydrogen) atoms. The van der Waals surface area contributed by atoms with E-state index in [1.54, 1.807) is 13.8 Å². The van der Waals surface area contributed by atoms with Crippen LogP contribution in [0.25, 0.3) is 0 Å². The zero-order valence-electron chi connectivity index (χ0n) is 17.9. The Labute approximate surface area is 177 Å². The van der Waals surface area contributed by atoms with E-state index in [-0.39, 0.29) is 16.4 Å². The molecule has 1 aromatic carbocycles. The summed E-state index contributed by atoms with van der Waals surface area (Å²) in [7, 11) is -2.55. The van der Waals surface area contributed by atoms with Gasteiger partial charge in [0.2, 0.25) is 10.0 Å². The van der Waals surface area contributed by atoms with Crippen LogP contribution in [0.5, 0.6) is 0 Å². The predicted molar refractivity (Wildman–Crippen MR) is 111 cm³/mol. The van der Waals surface area contributed by atoms with Gasteiger partial charge in [-0.15, -0.1) is 0 Å². The maximum atomic E-state index is 12.6. The third-order valence-corrected chi connectivity index (χ3v) is 6.29. The van der Waals surface area contributed by atoms with Crippen molar-refractivity contribution in [2.75, 3.05) is 20.2 Å². The molecule has 3 amide bonds. The molecule has 168 valence electrons. The van der Waals surface area contributed by atoms with Crippen LogP contribution in [0.4, 0.5) is 4.79 Å². The Kier molecular flexibility index (Phi) is 9.73. The molecular weight excluding hydrogens is 412 g/mol. The maximum Gasteiger partial charge on any atom is 0.407 e. The summed E-state index contributed by atoms with van der Waals surface area (Å²) in [5.41, 5.74) is 4.55. The molecule has 0 aliphatic rings. The number of alkyl carbamates (subject to hydrolysis) is 1. The lowest BCUT2D eigenvalue weighted by Gasteiger charge is -2.20. The minimum atomic E-state index is -3.73. The van der Waals surface area contributed by atoms with E-state index in [9.17, 15) is 22.8 Å². The van der Waals surface area contributed by atoms with Gasteiger partial charge in [0.25, 0.3) is 11.8 Å². The lowest BCUT2D eigenvalue weighted by molar-refractivity contribution is -0.124. The van der Waals surface area contributed by atoms with E-state index in [4.69, 9.17) is 0 Å². The van der Waals surface area contributed by atoms with E-state index in [1.807, 2.05) is 13.8 Å².